The molecule has 0 aliphatic heterocycles. The Hall–Kier alpha value is -2.68. The highest BCUT2D eigenvalue weighted by Gasteiger charge is 2.08. The average Bonchev–Trinajstić information content (AvgIpc) is 2.53. The number of allylic oxidation sites excluding steroid dienone is 1. The van der Waals surface area contributed by atoms with Gasteiger partial charge in [0.2, 0.25) is 0 Å². The number of hydrogen-bond acceptors (Lipinski definition) is 2. The van der Waals surface area contributed by atoms with Crippen molar-refractivity contribution in [3.8, 4) is 0 Å². The first-order chi connectivity index (χ1) is 10.1. The van der Waals surface area contributed by atoms with Crippen molar-refractivity contribution in [3.63, 3.8) is 0 Å². The van der Waals surface area contributed by atoms with Crippen LogP contribution in [0.2, 0.25) is 0 Å². The second kappa shape index (κ2) is 6.66. The summed E-state index contributed by atoms with van der Waals surface area (Å²) in [6.07, 6.45) is 2.14. The predicted molar refractivity (Wildman–Crippen MR) is 81.4 cm³/mol. The molecule has 0 atom stereocenters. The molecule has 2 rings (SSSR count). The summed E-state index contributed by atoms with van der Waals surface area (Å²) in [4.78, 5) is 23.1. The average molecular weight is 280 g/mol. The van der Waals surface area contributed by atoms with Gasteiger partial charge in [-0.1, -0.05) is 54.6 Å². The van der Waals surface area contributed by atoms with Gasteiger partial charge in [-0.3, -0.25) is 4.79 Å². The standard InChI is InChI=1S/C18H16O3/c1-13(18(20)21)10-11-14-6-5-9-16(12-14)17(19)15-7-3-2-4-8-15/h2-10,12H,11H2,1H3,(H,20,21)/b13-10-. The van der Waals surface area contributed by atoms with Gasteiger partial charge in [0, 0.05) is 16.7 Å². The van der Waals surface area contributed by atoms with E-state index in [0.29, 0.717) is 23.1 Å². The van der Waals surface area contributed by atoms with E-state index >= 15 is 0 Å². The van der Waals surface area contributed by atoms with E-state index in [1.165, 1.54) is 0 Å². The third-order valence-corrected chi connectivity index (χ3v) is 3.21. The van der Waals surface area contributed by atoms with Crippen LogP contribution < -0.4 is 0 Å². The van der Waals surface area contributed by atoms with Crippen molar-refractivity contribution in [1.82, 2.24) is 0 Å². The molecule has 0 aliphatic carbocycles. The van der Waals surface area contributed by atoms with E-state index in [2.05, 4.69) is 0 Å². The van der Waals surface area contributed by atoms with Gasteiger partial charge in [0.1, 0.15) is 0 Å². The minimum absolute atomic E-state index is 0.0311. The van der Waals surface area contributed by atoms with Gasteiger partial charge in [-0.15, -0.1) is 0 Å². The summed E-state index contributed by atoms with van der Waals surface area (Å²) in [6, 6.07) is 16.4. The highest BCUT2D eigenvalue weighted by Crippen LogP contribution is 2.13. The summed E-state index contributed by atoms with van der Waals surface area (Å²) in [5.74, 6) is -0.956. The van der Waals surface area contributed by atoms with E-state index in [0.717, 1.165) is 5.56 Å². The van der Waals surface area contributed by atoms with Crippen LogP contribution in [0.4, 0.5) is 0 Å². The molecule has 0 spiro atoms. The maximum absolute atomic E-state index is 12.3. The Balaban J connectivity index is 2.20. The first-order valence-electron chi connectivity index (χ1n) is 6.66. The molecule has 21 heavy (non-hydrogen) atoms. The number of ketones is 1. The fourth-order valence-corrected chi connectivity index (χ4v) is 1.95. The van der Waals surface area contributed by atoms with E-state index in [-0.39, 0.29) is 5.78 Å². The molecule has 1 N–H and O–H groups in total. The van der Waals surface area contributed by atoms with Crippen molar-refractivity contribution in [1.29, 1.82) is 0 Å². The fraction of sp³-hybridized carbons (Fsp3) is 0.111. The summed E-state index contributed by atoms with van der Waals surface area (Å²) in [7, 11) is 0. The molecule has 0 saturated carbocycles. The summed E-state index contributed by atoms with van der Waals surface area (Å²) in [5, 5.41) is 8.83. The third-order valence-electron chi connectivity index (χ3n) is 3.21. The Bertz CT molecular complexity index is 685. The molecule has 3 nitrogen and oxygen atoms in total. The topological polar surface area (TPSA) is 54.4 Å². The lowest BCUT2D eigenvalue weighted by Gasteiger charge is -2.04. The Morgan fingerprint density at radius 1 is 1.00 bits per heavy atom. The highest BCUT2D eigenvalue weighted by atomic mass is 16.4. The lowest BCUT2D eigenvalue weighted by molar-refractivity contribution is -0.132. The minimum atomic E-state index is -0.925. The zero-order valence-corrected chi connectivity index (χ0v) is 11.7. The molecule has 0 radical (unpaired) electrons. The van der Waals surface area contributed by atoms with Crippen LogP contribution >= 0.6 is 0 Å². The quantitative estimate of drug-likeness (QED) is 0.673. The monoisotopic (exact) mass is 280 g/mol. The Morgan fingerprint density at radius 2 is 1.67 bits per heavy atom. The Labute approximate surface area is 123 Å². The first kappa shape index (κ1) is 14.7. The highest BCUT2D eigenvalue weighted by molar-refractivity contribution is 6.09. The molecule has 0 amide bonds. The van der Waals surface area contributed by atoms with E-state index in [4.69, 9.17) is 5.11 Å². The fourth-order valence-electron chi connectivity index (χ4n) is 1.95. The van der Waals surface area contributed by atoms with Crippen molar-refractivity contribution < 1.29 is 14.7 Å². The predicted octanol–water partition coefficient (Wildman–Crippen LogP) is 3.49. The molecule has 3 heteroatoms. The third kappa shape index (κ3) is 3.89. The number of carboxylic acids is 1. The first-order valence-corrected chi connectivity index (χ1v) is 6.66. The molecule has 2 aromatic carbocycles. The van der Waals surface area contributed by atoms with Gasteiger partial charge in [0.05, 0.1) is 0 Å². The Morgan fingerprint density at radius 3 is 2.33 bits per heavy atom. The van der Waals surface area contributed by atoms with Crippen LogP contribution in [0, 0.1) is 0 Å². The minimum Gasteiger partial charge on any atom is -0.478 e. The summed E-state index contributed by atoms with van der Waals surface area (Å²) >= 11 is 0. The van der Waals surface area contributed by atoms with Gasteiger partial charge in [0.25, 0.3) is 0 Å². The lowest BCUT2D eigenvalue weighted by atomic mass is 10.00. The van der Waals surface area contributed by atoms with Gasteiger partial charge < -0.3 is 5.11 Å². The zero-order valence-electron chi connectivity index (χ0n) is 11.7. The lowest BCUT2D eigenvalue weighted by Crippen LogP contribution is -2.02. The van der Waals surface area contributed by atoms with Crippen LogP contribution in [-0.2, 0) is 11.2 Å². The van der Waals surface area contributed by atoms with Crippen LogP contribution in [0.5, 0.6) is 0 Å². The van der Waals surface area contributed by atoms with Gasteiger partial charge in [0.15, 0.2) is 5.78 Å². The molecule has 0 unspecified atom stereocenters. The molecule has 0 heterocycles. The summed E-state index contributed by atoms with van der Waals surface area (Å²) in [5.41, 5.74) is 2.47. The molecule has 0 fully saturated rings. The van der Waals surface area contributed by atoms with Gasteiger partial charge in [-0.05, 0) is 25.0 Å². The number of hydrogen-bond donors (Lipinski definition) is 1. The van der Waals surface area contributed by atoms with Crippen molar-refractivity contribution in [3.05, 3.63) is 82.9 Å². The normalized spacial score (nSPS) is 11.2. The van der Waals surface area contributed by atoms with Crippen molar-refractivity contribution in [2.45, 2.75) is 13.3 Å². The van der Waals surface area contributed by atoms with Gasteiger partial charge >= 0.3 is 5.97 Å². The maximum atomic E-state index is 12.3. The van der Waals surface area contributed by atoms with Crippen LogP contribution in [0.1, 0.15) is 28.4 Å². The maximum Gasteiger partial charge on any atom is 0.330 e. The summed E-state index contributed by atoms with van der Waals surface area (Å²) < 4.78 is 0. The van der Waals surface area contributed by atoms with Crippen molar-refractivity contribution in [2.24, 2.45) is 0 Å². The van der Waals surface area contributed by atoms with Gasteiger partial charge in [-0.2, -0.15) is 0 Å². The molecule has 2 aromatic rings. The van der Waals surface area contributed by atoms with E-state index in [9.17, 15) is 9.59 Å². The molecule has 106 valence electrons. The number of carboxylic acid groups (broad SMARTS) is 1. The van der Waals surface area contributed by atoms with Crippen molar-refractivity contribution in [2.75, 3.05) is 0 Å². The molecular weight excluding hydrogens is 264 g/mol. The molecule has 0 bridgehead atoms. The van der Waals surface area contributed by atoms with Crippen molar-refractivity contribution >= 4 is 11.8 Å². The smallest absolute Gasteiger partial charge is 0.330 e. The second-order valence-electron chi connectivity index (χ2n) is 4.79. The number of rotatable bonds is 5. The SMILES string of the molecule is C/C(=C/Cc1cccc(C(=O)c2ccccc2)c1)C(=O)O. The number of carbonyl (C=O) groups excluding carboxylic acids is 1. The van der Waals surface area contributed by atoms with Crippen LogP contribution in [0.3, 0.4) is 0 Å². The number of benzene rings is 2. The molecule has 0 aromatic heterocycles. The zero-order chi connectivity index (χ0) is 15.2. The number of aliphatic carboxylic acids is 1. The van der Waals surface area contributed by atoms with Crippen LogP contribution in [0.25, 0.3) is 0 Å². The molecular formula is C18H16O3. The van der Waals surface area contributed by atoms with E-state index in [1.54, 1.807) is 37.3 Å². The van der Waals surface area contributed by atoms with Gasteiger partial charge in [-0.25, -0.2) is 4.79 Å². The molecule has 0 aliphatic rings. The van der Waals surface area contributed by atoms with E-state index < -0.39 is 5.97 Å². The van der Waals surface area contributed by atoms with Crippen LogP contribution in [0.15, 0.2) is 66.2 Å². The second-order valence-corrected chi connectivity index (χ2v) is 4.79. The van der Waals surface area contributed by atoms with E-state index in [1.807, 2.05) is 30.3 Å². The Kier molecular flexibility index (Phi) is 4.67. The largest absolute Gasteiger partial charge is 0.478 e. The molecule has 0 saturated heterocycles. The number of carbonyl (C=O) groups is 2. The van der Waals surface area contributed by atoms with Crippen LogP contribution in [-0.4, -0.2) is 16.9 Å². The summed E-state index contributed by atoms with van der Waals surface area (Å²) in [6.45, 7) is 1.56.